The minimum absolute atomic E-state index is 0.171. The molecule has 96 valence electrons. The predicted octanol–water partition coefficient (Wildman–Crippen LogP) is 2.73. The SMILES string of the molecule is CC(NCCCOCC(F)(F)F)C1CCC1. The lowest BCUT2D eigenvalue weighted by molar-refractivity contribution is -0.173. The van der Waals surface area contributed by atoms with Gasteiger partial charge in [-0.25, -0.2) is 0 Å². The fourth-order valence-corrected chi connectivity index (χ4v) is 1.80. The van der Waals surface area contributed by atoms with Crippen LogP contribution in [0.2, 0.25) is 0 Å². The van der Waals surface area contributed by atoms with Crippen molar-refractivity contribution in [1.82, 2.24) is 5.32 Å². The van der Waals surface area contributed by atoms with Gasteiger partial charge in [-0.05, 0) is 38.6 Å². The zero-order chi connectivity index (χ0) is 12.0. The summed E-state index contributed by atoms with van der Waals surface area (Å²) >= 11 is 0. The number of halogens is 3. The van der Waals surface area contributed by atoms with E-state index in [-0.39, 0.29) is 6.61 Å². The second-order valence-corrected chi connectivity index (χ2v) is 4.46. The Kier molecular flexibility index (Phi) is 5.55. The predicted molar refractivity (Wildman–Crippen MR) is 56.3 cm³/mol. The maximum atomic E-state index is 11.7. The van der Waals surface area contributed by atoms with Crippen molar-refractivity contribution in [3.8, 4) is 0 Å². The Morgan fingerprint density at radius 1 is 1.38 bits per heavy atom. The fourth-order valence-electron chi connectivity index (χ4n) is 1.80. The van der Waals surface area contributed by atoms with E-state index in [1.807, 2.05) is 0 Å². The molecular formula is C11H20F3NO. The summed E-state index contributed by atoms with van der Waals surface area (Å²) in [7, 11) is 0. The van der Waals surface area contributed by atoms with Crippen molar-refractivity contribution in [2.75, 3.05) is 19.8 Å². The van der Waals surface area contributed by atoms with E-state index in [1.165, 1.54) is 19.3 Å². The van der Waals surface area contributed by atoms with Crippen LogP contribution in [0.3, 0.4) is 0 Å². The summed E-state index contributed by atoms with van der Waals surface area (Å²) in [5.41, 5.74) is 0. The van der Waals surface area contributed by atoms with Crippen molar-refractivity contribution in [3.63, 3.8) is 0 Å². The molecule has 1 aliphatic carbocycles. The van der Waals surface area contributed by atoms with Gasteiger partial charge >= 0.3 is 6.18 Å². The second-order valence-electron chi connectivity index (χ2n) is 4.46. The topological polar surface area (TPSA) is 21.3 Å². The Morgan fingerprint density at radius 2 is 2.06 bits per heavy atom. The molecule has 0 bridgehead atoms. The van der Waals surface area contributed by atoms with Crippen LogP contribution < -0.4 is 5.32 Å². The molecule has 2 nitrogen and oxygen atoms in total. The third-order valence-corrected chi connectivity index (χ3v) is 3.05. The number of hydrogen-bond donors (Lipinski definition) is 1. The summed E-state index contributed by atoms with van der Waals surface area (Å²) in [5, 5.41) is 3.32. The first-order valence-electron chi connectivity index (χ1n) is 5.87. The highest BCUT2D eigenvalue weighted by molar-refractivity contribution is 4.79. The molecule has 1 rings (SSSR count). The largest absolute Gasteiger partial charge is 0.411 e. The molecule has 5 heteroatoms. The van der Waals surface area contributed by atoms with Crippen molar-refractivity contribution in [2.24, 2.45) is 5.92 Å². The van der Waals surface area contributed by atoms with E-state index >= 15 is 0 Å². The third kappa shape index (κ3) is 5.70. The molecule has 0 aromatic rings. The van der Waals surface area contributed by atoms with E-state index in [2.05, 4.69) is 17.0 Å². The molecule has 1 fully saturated rings. The minimum Gasteiger partial charge on any atom is -0.372 e. The normalized spacial score (nSPS) is 19.5. The number of alkyl halides is 3. The van der Waals surface area contributed by atoms with Gasteiger partial charge in [-0.3, -0.25) is 0 Å². The molecule has 1 aliphatic rings. The molecule has 0 spiro atoms. The lowest BCUT2D eigenvalue weighted by atomic mass is 9.80. The van der Waals surface area contributed by atoms with Gasteiger partial charge in [-0.15, -0.1) is 0 Å². The van der Waals surface area contributed by atoms with Crippen molar-refractivity contribution < 1.29 is 17.9 Å². The number of ether oxygens (including phenoxy) is 1. The first kappa shape index (κ1) is 13.8. The van der Waals surface area contributed by atoms with Gasteiger partial charge in [-0.1, -0.05) is 6.42 Å². The standard InChI is InChI=1S/C11H20F3NO/c1-9(10-4-2-5-10)15-6-3-7-16-8-11(12,13)14/h9-10,15H,2-8H2,1H3. The summed E-state index contributed by atoms with van der Waals surface area (Å²) in [6.45, 7) is 1.91. The average Bonchev–Trinajstić information content (AvgIpc) is 2.06. The van der Waals surface area contributed by atoms with E-state index in [1.54, 1.807) is 0 Å². The van der Waals surface area contributed by atoms with Crippen LogP contribution >= 0.6 is 0 Å². The van der Waals surface area contributed by atoms with E-state index < -0.39 is 12.8 Å². The Bertz CT molecular complexity index is 192. The van der Waals surface area contributed by atoms with Crippen LogP contribution in [0.25, 0.3) is 0 Å². The zero-order valence-electron chi connectivity index (χ0n) is 9.65. The summed E-state index contributed by atoms with van der Waals surface area (Å²) < 4.78 is 39.7. The molecule has 1 unspecified atom stereocenters. The Hall–Kier alpha value is -0.290. The smallest absolute Gasteiger partial charge is 0.372 e. The molecule has 0 amide bonds. The summed E-state index contributed by atoms with van der Waals surface area (Å²) in [4.78, 5) is 0. The van der Waals surface area contributed by atoms with Gasteiger partial charge in [0.05, 0.1) is 0 Å². The maximum Gasteiger partial charge on any atom is 0.411 e. The van der Waals surface area contributed by atoms with E-state index in [9.17, 15) is 13.2 Å². The first-order valence-corrected chi connectivity index (χ1v) is 5.87. The molecule has 1 atom stereocenters. The average molecular weight is 239 g/mol. The lowest BCUT2D eigenvalue weighted by Crippen LogP contribution is -2.37. The van der Waals surface area contributed by atoms with E-state index in [0.29, 0.717) is 12.5 Å². The number of hydrogen-bond acceptors (Lipinski definition) is 2. The molecule has 1 saturated carbocycles. The Morgan fingerprint density at radius 3 is 2.56 bits per heavy atom. The highest BCUT2D eigenvalue weighted by Crippen LogP contribution is 2.29. The minimum atomic E-state index is -4.20. The van der Waals surface area contributed by atoms with Crippen LogP contribution in [0.1, 0.15) is 32.6 Å². The second kappa shape index (κ2) is 6.45. The quantitative estimate of drug-likeness (QED) is 0.690. The molecule has 0 aliphatic heterocycles. The number of nitrogens with one attached hydrogen (secondary N) is 1. The van der Waals surface area contributed by atoms with Gasteiger partial charge < -0.3 is 10.1 Å². The van der Waals surface area contributed by atoms with Crippen molar-refractivity contribution in [3.05, 3.63) is 0 Å². The molecule has 0 aromatic heterocycles. The molecule has 0 heterocycles. The first-order chi connectivity index (χ1) is 7.49. The fraction of sp³-hybridized carbons (Fsp3) is 1.00. The summed E-state index contributed by atoms with van der Waals surface area (Å²) in [6.07, 6.45) is 0.294. The monoisotopic (exact) mass is 239 g/mol. The van der Waals surface area contributed by atoms with Crippen LogP contribution in [0.4, 0.5) is 13.2 Å². The molecular weight excluding hydrogens is 219 g/mol. The van der Waals surface area contributed by atoms with Crippen molar-refractivity contribution in [2.45, 2.75) is 44.8 Å². The van der Waals surface area contributed by atoms with Crippen LogP contribution in [0.5, 0.6) is 0 Å². The Balaban J connectivity index is 1.87. The third-order valence-electron chi connectivity index (χ3n) is 3.05. The van der Waals surface area contributed by atoms with E-state index in [4.69, 9.17) is 0 Å². The van der Waals surface area contributed by atoms with E-state index in [0.717, 1.165) is 12.5 Å². The van der Waals surface area contributed by atoms with Crippen LogP contribution in [0, 0.1) is 5.92 Å². The lowest BCUT2D eigenvalue weighted by Gasteiger charge is -2.32. The molecule has 16 heavy (non-hydrogen) atoms. The maximum absolute atomic E-state index is 11.7. The van der Waals surface area contributed by atoms with Gasteiger partial charge in [0.1, 0.15) is 6.61 Å². The van der Waals surface area contributed by atoms with Gasteiger partial charge in [0.2, 0.25) is 0 Å². The van der Waals surface area contributed by atoms with Crippen molar-refractivity contribution in [1.29, 1.82) is 0 Å². The van der Waals surface area contributed by atoms with Gasteiger partial charge in [0.15, 0.2) is 0 Å². The molecule has 1 N–H and O–H groups in total. The van der Waals surface area contributed by atoms with Gasteiger partial charge in [0, 0.05) is 12.6 Å². The molecule has 0 saturated heterocycles. The van der Waals surface area contributed by atoms with Gasteiger partial charge in [0.25, 0.3) is 0 Å². The highest BCUT2D eigenvalue weighted by atomic mass is 19.4. The molecule has 0 radical (unpaired) electrons. The molecule has 0 aromatic carbocycles. The summed E-state index contributed by atoms with van der Waals surface area (Å²) in [5.74, 6) is 0.760. The zero-order valence-corrected chi connectivity index (χ0v) is 9.65. The number of rotatable bonds is 7. The van der Waals surface area contributed by atoms with Crippen molar-refractivity contribution >= 4 is 0 Å². The Labute approximate surface area is 94.5 Å². The highest BCUT2D eigenvalue weighted by Gasteiger charge is 2.27. The van der Waals surface area contributed by atoms with Gasteiger partial charge in [-0.2, -0.15) is 13.2 Å². The summed E-state index contributed by atoms with van der Waals surface area (Å²) in [6, 6.07) is 0.483. The van der Waals surface area contributed by atoms with Crippen LogP contribution in [0.15, 0.2) is 0 Å². The van der Waals surface area contributed by atoms with Crippen LogP contribution in [-0.2, 0) is 4.74 Å². The van der Waals surface area contributed by atoms with Crippen LogP contribution in [-0.4, -0.2) is 32.0 Å².